The molecule has 5 nitrogen and oxygen atoms in total. The Labute approximate surface area is 169 Å². The van der Waals surface area contributed by atoms with Crippen molar-refractivity contribution in [2.75, 3.05) is 19.8 Å². The molecule has 0 radical (unpaired) electrons. The van der Waals surface area contributed by atoms with Crippen molar-refractivity contribution in [1.82, 2.24) is 10.6 Å². The van der Waals surface area contributed by atoms with Gasteiger partial charge in [-0.1, -0.05) is 24.3 Å². The Balaban J connectivity index is 1.92. The summed E-state index contributed by atoms with van der Waals surface area (Å²) in [4.78, 5) is 4.36. The van der Waals surface area contributed by atoms with Gasteiger partial charge in [-0.3, -0.25) is 4.99 Å². The van der Waals surface area contributed by atoms with Gasteiger partial charge in [-0.2, -0.15) is 13.2 Å². The summed E-state index contributed by atoms with van der Waals surface area (Å²) < 4.78 is 61.6. The Hall–Kier alpha value is -2.55. The molecule has 0 spiro atoms. The molecule has 158 valence electrons. The molecule has 0 saturated carbocycles. The van der Waals surface area contributed by atoms with E-state index in [0.717, 1.165) is 24.0 Å². The Morgan fingerprint density at radius 1 is 1.14 bits per heavy atom. The van der Waals surface area contributed by atoms with Crippen LogP contribution in [0.1, 0.15) is 29.7 Å². The first-order valence-corrected chi connectivity index (χ1v) is 10.8. The van der Waals surface area contributed by atoms with E-state index in [1.54, 1.807) is 44.3 Å². The maximum absolute atomic E-state index is 12.9. The summed E-state index contributed by atoms with van der Waals surface area (Å²) in [5.41, 5.74) is 0.759. The number of hydrogen-bond donors (Lipinski definition) is 2. The van der Waals surface area contributed by atoms with Crippen LogP contribution in [0.2, 0.25) is 0 Å². The third-order valence-corrected chi connectivity index (χ3v) is 5.48. The van der Waals surface area contributed by atoms with E-state index < -0.39 is 21.6 Å². The Kier molecular flexibility index (Phi) is 7.29. The van der Waals surface area contributed by atoms with Crippen LogP contribution < -0.4 is 10.6 Å². The molecule has 9 heteroatoms. The highest BCUT2D eigenvalue weighted by molar-refractivity contribution is 7.90. The van der Waals surface area contributed by atoms with E-state index in [0.29, 0.717) is 24.5 Å². The number of aliphatic imine (C=N–C) groups is 1. The monoisotopic (exact) mass is 427 g/mol. The Morgan fingerprint density at radius 3 is 2.34 bits per heavy atom. The fourth-order valence-electron chi connectivity index (χ4n) is 2.70. The highest BCUT2D eigenvalue weighted by Gasteiger charge is 2.30. The summed E-state index contributed by atoms with van der Waals surface area (Å²) in [5, 5.41) is 6.18. The second kappa shape index (κ2) is 9.30. The Morgan fingerprint density at radius 2 is 1.79 bits per heavy atom. The predicted molar refractivity (Wildman–Crippen MR) is 108 cm³/mol. The zero-order chi connectivity index (χ0) is 21.7. The van der Waals surface area contributed by atoms with Crippen LogP contribution in [0.4, 0.5) is 13.2 Å². The fraction of sp³-hybridized carbons (Fsp3) is 0.350. The van der Waals surface area contributed by atoms with Gasteiger partial charge in [0.1, 0.15) is 0 Å². The molecule has 2 aromatic carbocycles. The number of guanidine groups is 1. The van der Waals surface area contributed by atoms with Crippen molar-refractivity contribution in [3.8, 4) is 0 Å². The zero-order valence-corrected chi connectivity index (χ0v) is 17.2. The predicted octanol–water partition coefficient (Wildman–Crippen LogP) is 3.58. The van der Waals surface area contributed by atoms with Crippen molar-refractivity contribution in [2.24, 2.45) is 4.99 Å². The lowest BCUT2D eigenvalue weighted by molar-refractivity contribution is -0.137. The maximum atomic E-state index is 12.9. The topological polar surface area (TPSA) is 70.6 Å². The molecule has 0 aliphatic heterocycles. The molecule has 2 aromatic rings. The molecule has 0 saturated heterocycles. The van der Waals surface area contributed by atoms with Crippen molar-refractivity contribution in [2.45, 2.75) is 30.5 Å². The van der Waals surface area contributed by atoms with Crippen LogP contribution in [0, 0.1) is 0 Å². The van der Waals surface area contributed by atoms with Crippen molar-refractivity contribution >= 4 is 15.8 Å². The van der Waals surface area contributed by atoms with E-state index >= 15 is 0 Å². The molecular weight excluding hydrogens is 403 g/mol. The number of alkyl halides is 3. The molecule has 29 heavy (non-hydrogen) atoms. The molecule has 0 heterocycles. The van der Waals surface area contributed by atoms with Crippen molar-refractivity contribution in [3.05, 3.63) is 65.2 Å². The zero-order valence-electron chi connectivity index (χ0n) is 16.4. The number of rotatable bonds is 6. The number of sulfone groups is 1. The highest BCUT2D eigenvalue weighted by Crippen LogP contribution is 2.30. The maximum Gasteiger partial charge on any atom is 0.416 e. The quantitative estimate of drug-likeness (QED) is 0.546. The molecule has 0 bridgehead atoms. The normalized spacial score (nSPS) is 13.8. The van der Waals surface area contributed by atoms with E-state index in [-0.39, 0.29) is 10.9 Å². The Bertz CT molecular complexity index is 956. The average molecular weight is 427 g/mol. The number of benzene rings is 2. The fourth-order valence-corrected chi connectivity index (χ4v) is 3.33. The lowest BCUT2D eigenvalue weighted by Gasteiger charge is -2.19. The summed E-state index contributed by atoms with van der Waals surface area (Å²) in [6.45, 7) is 2.28. The van der Waals surface area contributed by atoms with E-state index in [2.05, 4.69) is 15.6 Å². The summed E-state index contributed by atoms with van der Waals surface area (Å²) >= 11 is 0. The summed E-state index contributed by atoms with van der Waals surface area (Å²) in [6, 6.07) is 11.4. The first-order chi connectivity index (χ1) is 13.5. The van der Waals surface area contributed by atoms with Gasteiger partial charge < -0.3 is 10.6 Å². The molecule has 2 N–H and O–H groups in total. The number of nitrogens with zero attached hydrogens (tertiary/aromatic N) is 1. The van der Waals surface area contributed by atoms with Crippen LogP contribution in [-0.2, 0) is 22.4 Å². The van der Waals surface area contributed by atoms with E-state index in [1.807, 2.05) is 0 Å². The molecular formula is C20H24F3N3O2S. The van der Waals surface area contributed by atoms with Gasteiger partial charge in [-0.05, 0) is 48.7 Å². The lowest BCUT2D eigenvalue weighted by atomic mass is 10.1. The van der Waals surface area contributed by atoms with Gasteiger partial charge in [0.05, 0.1) is 16.5 Å². The summed E-state index contributed by atoms with van der Waals surface area (Å²) in [5.74, 6) is 0.461. The third-order valence-electron chi connectivity index (χ3n) is 4.35. The highest BCUT2D eigenvalue weighted by atomic mass is 32.2. The minimum absolute atomic E-state index is 0.265. The molecule has 2 rings (SSSR count). The standard InChI is InChI=1S/C20H24F3N3O2S/c1-14(16-5-4-6-17(13-16)20(21,22)23)26-19(24-2)25-12-11-15-7-9-18(10-8-15)29(3,27)28/h4-10,13-14H,11-12H2,1-3H3,(H2,24,25,26). The van der Waals surface area contributed by atoms with Gasteiger partial charge in [-0.15, -0.1) is 0 Å². The average Bonchev–Trinajstić information content (AvgIpc) is 2.66. The van der Waals surface area contributed by atoms with Gasteiger partial charge in [0.15, 0.2) is 15.8 Å². The molecule has 1 unspecified atom stereocenters. The number of nitrogens with one attached hydrogen (secondary N) is 2. The van der Waals surface area contributed by atoms with Crippen molar-refractivity contribution < 1.29 is 21.6 Å². The summed E-state index contributed by atoms with van der Waals surface area (Å²) in [6.07, 6.45) is -2.60. The van der Waals surface area contributed by atoms with Gasteiger partial charge in [0, 0.05) is 19.8 Å². The van der Waals surface area contributed by atoms with Crippen molar-refractivity contribution in [1.29, 1.82) is 0 Å². The molecule has 0 amide bonds. The number of hydrogen-bond acceptors (Lipinski definition) is 3. The number of halogens is 3. The molecule has 0 aliphatic rings. The minimum atomic E-state index is -4.39. The van der Waals surface area contributed by atoms with E-state index in [4.69, 9.17) is 0 Å². The smallest absolute Gasteiger partial charge is 0.356 e. The third kappa shape index (κ3) is 6.77. The van der Waals surface area contributed by atoms with Crippen molar-refractivity contribution in [3.63, 3.8) is 0 Å². The van der Waals surface area contributed by atoms with Crippen LogP contribution in [0.25, 0.3) is 0 Å². The second-order valence-electron chi connectivity index (χ2n) is 6.65. The second-order valence-corrected chi connectivity index (χ2v) is 8.67. The van der Waals surface area contributed by atoms with Crippen LogP contribution in [-0.4, -0.2) is 34.2 Å². The van der Waals surface area contributed by atoms with Gasteiger partial charge >= 0.3 is 6.18 Å². The molecule has 0 aromatic heterocycles. The lowest BCUT2D eigenvalue weighted by Crippen LogP contribution is -2.39. The molecule has 0 aliphatic carbocycles. The van der Waals surface area contributed by atoms with E-state index in [1.165, 1.54) is 6.07 Å². The van der Waals surface area contributed by atoms with Crippen LogP contribution in [0.5, 0.6) is 0 Å². The summed E-state index contributed by atoms with van der Waals surface area (Å²) in [7, 11) is -1.65. The minimum Gasteiger partial charge on any atom is -0.356 e. The molecule has 1 atom stereocenters. The first-order valence-electron chi connectivity index (χ1n) is 8.94. The van der Waals surface area contributed by atoms with Crippen LogP contribution in [0.15, 0.2) is 58.4 Å². The largest absolute Gasteiger partial charge is 0.416 e. The van der Waals surface area contributed by atoms with Gasteiger partial charge in [0.25, 0.3) is 0 Å². The van der Waals surface area contributed by atoms with Gasteiger partial charge in [0.2, 0.25) is 0 Å². The van der Waals surface area contributed by atoms with Crippen LogP contribution in [0.3, 0.4) is 0 Å². The van der Waals surface area contributed by atoms with Crippen LogP contribution >= 0.6 is 0 Å². The van der Waals surface area contributed by atoms with Gasteiger partial charge in [-0.25, -0.2) is 8.42 Å². The molecule has 0 fully saturated rings. The SMILES string of the molecule is CN=C(NCCc1ccc(S(C)(=O)=O)cc1)NC(C)c1cccc(C(F)(F)F)c1. The van der Waals surface area contributed by atoms with E-state index in [9.17, 15) is 21.6 Å². The first kappa shape index (κ1) is 22.7.